The maximum atomic E-state index is 13.0. The Morgan fingerprint density at radius 2 is 1.91 bits per heavy atom. The Bertz CT molecular complexity index is 1430. The third-order valence-electron chi connectivity index (χ3n) is 5.18. The van der Waals surface area contributed by atoms with Crippen LogP contribution in [0.5, 0.6) is 5.75 Å². The molecule has 3 aromatic carbocycles. The van der Waals surface area contributed by atoms with Crippen molar-refractivity contribution in [1.82, 2.24) is 9.66 Å². The summed E-state index contributed by atoms with van der Waals surface area (Å²) >= 11 is 3.40. The SMILES string of the molecule is CCc1nc2ccc(Br)cc2c(=O)n1N=Cc1ccc(OCC(=O)Nc2ccccc2C)cc1. The van der Waals surface area contributed by atoms with Gasteiger partial charge in [0.1, 0.15) is 11.6 Å². The van der Waals surface area contributed by atoms with E-state index in [2.05, 4.69) is 31.3 Å². The average molecular weight is 519 g/mol. The molecular weight excluding hydrogens is 496 g/mol. The van der Waals surface area contributed by atoms with Gasteiger partial charge in [0.25, 0.3) is 11.5 Å². The van der Waals surface area contributed by atoms with Crippen molar-refractivity contribution in [2.45, 2.75) is 20.3 Å². The Morgan fingerprint density at radius 1 is 1.15 bits per heavy atom. The highest BCUT2D eigenvalue weighted by atomic mass is 79.9. The molecule has 4 aromatic rings. The number of rotatable bonds is 7. The Balaban J connectivity index is 1.44. The minimum absolute atomic E-state index is 0.102. The molecule has 0 fully saturated rings. The second-order valence-electron chi connectivity index (χ2n) is 7.63. The van der Waals surface area contributed by atoms with Crippen molar-refractivity contribution in [3.8, 4) is 5.75 Å². The summed E-state index contributed by atoms with van der Waals surface area (Å²) in [5, 5.41) is 7.71. The van der Waals surface area contributed by atoms with Crippen molar-refractivity contribution in [3.05, 3.63) is 98.5 Å². The Kier molecular flexibility index (Phi) is 7.18. The van der Waals surface area contributed by atoms with Crippen molar-refractivity contribution in [2.24, 2.45) is 5.10 Å². The van der Waals surface area contributed by atoms with E-state index in [1.165, 1.54) is 4.68 Å². The number of hydrogen-bond acceptors (Lipinski definition) is 5. The smallest absolute Gasteiger partial charge is 0.282 e. The Morgan fingerprint density at radius 3 is 2.65 bits per heavy atom. The number of ether oxygens (including phenoxy) is 1. The van der Waals surface area contributed by atoms with Gasteiger partial charge >= 0.3 is 0 Å². The number of nitrogens with one attached hydrogen (secondary N) is 1. The van der Waals surface area contributed by atoms with Crippen LogP contribution in [0.3, 0.4) is 0 Å². The summed E-state index contributed by atoms with van der Waals surface area (Å²) in [7, 11) is 0. The molecule has 8 heteroatoms. The average Bonchev–Trinajstić information content (AvgIpc) is 2.84. The summed E-state index contributed by atoms with van der Waals surface area (Å²) in [6, 6.07) is 20.1. The van der Waals surface area contributed by atoms with Crippen LogP contribution >= 0.6 is 15.9 Å². The molecule has 1 heterocycles. The molecule has 0 radical (unpaired) electrons. The number of hydrogen-bond donors (Lipinski definition) is 1. The van der Waals surface area contributed by atoms with E-state index in [1.807, 2.05) is 50.2 Å². The summed E-state index contributed by atoms with van der Waals surface area (Å²) < 4.78 is 7.72. The van der Waals surface area contributed by atoms with Gasteiger partial charge in [0.15, 0.2) is 6.61 Å². The molecule has 172 valence electrons. The number of anilines is 1. The molecule has 0 spiro atoms. The van der Waals surface area contributed by atoms with Gasteiger partial charge in [0.2, 0.25) is 0 Å². The first-order valence-corrected chi connectivity index (χ1v) is 11.6. The molecular formula is C26H23BrN4O3. The number of aromatic nitrogens is 2. The van der Waals surface area contributed by atoms with Crippen LogP contribution in [0.25, 0.3) is 10.9 Å². The largest absolute Gasteiger partial charge is 0.484 e. The molecule has 0 aliphatic rings. The van der Waals surface area contributed by atoms with Gasteiger partial charge in [-0.05, 0) is 66.6 Å². The molecule has 0 bridgehead atoms. The van der Waals surface area contributed by atoms with E-state index in [0.717, 1.165) is 21.3 Å². The molecule has 0 saturated carbocycles. The quantitative estimate of drug-likeness (QED) is 0.351. The van der Waals surface area contributed by atoms with Gasteiger partial charge in [-0.3, -0.25) is 9.59 Å². The van der Waals surface area contributed by atoms with E-state index in [9.17, 15) is 9.59 Å². The van der Waals surface area contributed by atoms with Crippen LogP contribution in [0.4, 0.5) is 5.69 Å². The summed E-state index contributed by atoms with van der Waals surface area (Å²) in [4.78, 5) is 29.7. The van der Waals surface area contributed by atoms with Gasteiger partial charge in [0, 0.05) is 16.6 Å². The molecule has 7 nitrogen and oxygen atoms in total. The van der Waals surface area contributed by atoms with Gasteiger partial charge in [-0.25, -0.2) is 4.98 Å². The lowest BCUT2D eigenvalue weighted by Gasteiger charge is -2.09. The minimum Gasteiger partial charge on any atom is -0.484 e. The van der Waals surface area contributed by atoms with Crippen molar-refractivity contribution >= 4 is 44.6 Å². The third-order valence-corrected chi connectivity index (χ3v) is 5.68. The summed E-state index contributed by atoms with van der Waals surface area (Å²) in [6.07, 6.45) is 2.16. The highest BCUT2D eigenvalue weighted by Crippen LogP contribution is 2.17. The van der Waals surface area contributed by atoms with Gasteiger partial charge in [-0.1, -0.05) is 41.1 Å². The molecule has 0 aliphatic carbocycles. The zero-order valence-electron chi connectivity index (χ0n) is 18.8. The van der Waals surface area contributed by atoms with Crippen LogP contribution in [0.1, 0.15) is 23.9 Å². The zero-order chi connectivity index (χ0) is 24.1. The lowest BCUT2D eigenvalue weighted by atomic mass is 10.2. The van der Waals surface area contributed by atoms with Crippen LogP contribution in [0.15, 0.2) is 81.1 Å². The molecule has 1 N–H and O–H groups in total. The number of aryl methyl sites for hydroxylation is 2. The van der Waals surface area contributed by atoms with E-state index in [1.54, 1.807) is 36.5 Å². The number of para-hydroxylation sites is 1. The first-order valence-electron chi connectivity index (χ1n) is 10.8. The molecule has 1 amide bonds. The van der Waals surface area contributed by atoms with E-state index >= 15 is 0 Å². The van der Waals surface area contributed by atoms with Crippen LogP contribution in [-0.2, 0) is 11.2 Å². The zero-order valence-corrected chi connectivity index (χ0v) is 20.4. The normalized spacial score (nSPS) is 11.1. The molecule has 1 aromatic heterocycles. The third kappa shape index (κ3) is 5.40. The second-order valence-corrected chi connectivity index (χ2v) is 8.54. The van der Waals surface area contributed by atoms with Crippen molar-refractivity contribution in [1.29, 1.82) is 0 Å². The standard InChI is InChI=1S/C26H23BrN4O3/c1-3-24-29-23-13-10-19(27)14-21(23)26(33)31(24)28-15-18-8-11-20(12-9-18)34-16-25(32)30-22-7-5-4-6-17(22)2/h4-15H,3,16H2,1-2H3,(H,30,32). The predicted octanol–water partition coefficient (Wildman–Crippen LogP) is 4.93. The topological polar surface area (TPSA) is 85.6 Å². The fraction of sp³-hybridized carbons (Fsp3) is 0.154. The molecule has 0 aliphatic heterocycles. The molecule has 4 rings (SSSR count). The van der Waals surface area contributed by atoms with E-state index in [-0.39, 0.29) is 18.1 Å². The summed E-state index contributed by atoms with van der Waals surface area (Å²) in [5.74, 6) is 0.901. The first-order chi connectivity index (χ1) is 16.4. The van der Waals surface area contributed by atoms with Crippen LogP contribution in [-0.4, -0.2) is 28.4 Å². The van der Waals surface area contributed by atoms with Gasteiger partial charge in [-0.15, -0.1) is 0 Å². The van der Waals surface area contributed by atoms with Crippen molar-refractivity contribution in [3.63, 3.8) is 0 Å². The lowest BCUT2D eigenvalue weighted by Crippen LogP contribution is -2.22. The van der Waals surface area contributed by atoms with Crippen molar-refractivity contribution < 1.29 is 9.53 Å². The van der Waals surface area contributed by atoms with Gasteiger partial charge in [-0.2, -0.15) is 9.78 Å². The highest BCUT2D eigenvalue weighted by Gasteiger charge is 2.10. The van der Waals surface area contributed by atoms with Gasteiger partial charge in [0.05, 0.1) is 17.1 Å². The number of fused-ring (bicyclic) bond motifs is 1. The van der Waals surface area contributed by atoms with E-state index < -0.39 is 0 Å². The van der Waals surface area contributed by atoms with Crippen LogP contribution in [0.2, 0.25) is 0 Å². The summed E-state index contributed by atoms with van der Waals surface area (Å²) in [6.45, 7) is 3.76. The lowest BCUT2D eigenvalue weighted by molar-refractivity contribution is -0.118. The monoisotopic (exact) mass is 518 g/mol. The predicted molar refractivity (Wildman–Crippen MR) is 138 cm³/mol. The molecule has 0 unspecified atom stereocenters. The first kappa shape index (κ1) is 23.4. The molecule has 0 saturated heterocycles. The maximum absolute atomic E-state index is 13.0. The fourth-order valence-corrected chi connectivity index (χ4v) is 3.73. The number of amides is 1. The fourth-order valence-electron chi connectivity index (χ4n) is 3.37. The number of halogens is 1. The molecule has 34 heavy (non-hydrogen) atoms. The Labute approximate surface area is 205 Å². The van der Waals surface area contributed by atoms with E-state index in [4.69, 9.17) is 4.74 Å². The van der Waals surface area contributed by atoms with Crippen molar-refractivity contribution in [2.75, 3.05) is 11.9 Å². The second kappa shape index (κ2) is 10.4. The number of nitrogens with zero attached hydrogens (tertiary/aromatic N) is 3. The number of carbonyl (C=O) groups excluding carboxylic acids is 1. The minimum atomic E-state index is -0.234. The van der Waals surface area contributed by atoms with Crippen LogP contribution in [0, 0.1) is 6.92 Å². The van der Waals surface area contributed by atoms with E-state index in [0.29, 0.717) is 28.9 Å². The van der Waals surface area contributed by atoms with Crippen LogP contribution < -0.4 is 15.6 Å². The number of benzene rings is 3. The molecule has 0 atom stereocenters. The highest BCUT2D eigenvalue weighted by molar-refractivity contribution is 9.10. The maximum Gasteiger partial charge on any atom is 0.282 e. The summed E-state index contributed by atoms with van der Waals surface area (Å²) in [5.41, 5.74) is 2.95. The van der Waals surface area contributed by atoms with Gasteiger partial charge < -0.3 is 10.1 Å². The number of carbonyl (C=O) groups is 1. The Hall–Kier alpha value is -3.78.